The lowest BCUT2D eigenvalue weighted by Crippen LogP contribution is -2.17. The predicted octanol–water partition coefficient (Wildman–Crippen LogP) is 1.83. The highest BCUT2D eigenvalue weighted by Gasteiger charge is 2.22. The number of hydrogen-bond acceptors (Lipinski definition) is 4. The largest absolute Gasteiger partial charge is 0.496 e. The summed E-state index contributed by atoms with van der Waals surface area (Å²) in [6, 6.07) is 2.49. The average Bonchev–Trinajstić information content (AvgIpc) is 2.27. The Morgan fingerprint density at radius 2 is 2.12 bits per heavy atom. The lowest BCUT2D eigenvalue weighted by atomic mass is 10.0. The van der Waals surface area contributed by atoms with E-state index in [9.17, 15) is 4.79 Å². The van der Waals surface area contributed by atoms with Gasteiger partial charge in [0.2, 0.25) is 0 Å². The molecule has 0 saturated carbocycles. The van der Waals surface area contributed by atoms with Gasteiger partial charge in [-0.05, 0) is 12.1 Å². The van der Waals surface area contributed by atoms with Gasteiger partial charge in [-0.2, -0.15) is 0 Å². The maximum absolute atomic E-state index is 10.7. The molecule has 17 heavy (non-hydrogen) atoms. The Balaban J connectivity index is 3.26. The maximum atomic E-state index is 10.7. The number of rotatable bonds is 5. The van der Waals surface area contributed by atoms with Crippen molar-refractivity contribution in [2.75, 3.05) is 14.2 Å². The van der Waals surface area contributed by atoms with Crippen molar-refractivity contribution < 1.29 is 19.4 Å². The van der Waals surface area contributed by atoms with E-state index in [0.29, 0.717) is 22.1 Å². The van der Waals surface area contributed by atoms with Gasteiger partial charge in [0.1, 0.15) is 11.5 Å². The van der Waals surface area contributed by atoms with Crippen molar-refractivity contribution in [3.05, 3.63) is 22.7 Å². The van der Waals surface area contributed by atoms with Crippen LogP contribution in [0.2, 0.25) is 5.02 Å². The lowest BCUT2D eigenvalue weighted by Gasteiger charge is -2.18. The zero-order valence-electron chi connectivity index (χ0n) is 9.57. The van der Waals surface area contributed by atoms with Crippen LogP contribution >= 0.6 is 11.6 Å². The smallest absolute Gasteiger partial charge is 0.305 e. The van der Waals surface area contributed by atoms with Gasteiger partial charge in [0, 0.05) is 6.04 Å². The molecule has 0 saturated heterocycles. The quantitative estimate of drug-likeness (QED) is 0.843. The van der Waals surface area contributed by atoms with Gasteiger partial charge in [-0.1, -0.05) is 11.6 Å². The molecule has 0 aliphatic heterocycles. The van der Waals surface area contributed by atoms with E-state index in [1.165, 1.54) is 14.2 Å². The second-order valence-corrected chi connectivity index (χ2v) is 3.81. The fourth-order valence-corrected chi connectivity index (χ4v) is 1.82. The van der Waals surface area contributed by atoms with Crippen LogP contribution in [0.25, 0.3) is 0 Å². The van der Waals surface area contributed by atoms with Crippen LogP contribution in [0, 0.1) is 0 Å². The van der Waals surface area contributed by atoms with Crippen LogP contribution in [0.5, 0.6) is 11.5 Å². The first-order chi connectivity index (χ1) is 8.01. The molecule has 3 N–H and O–H groups in total. The van der Waals surface area contributed by atoms with Gasteiger partial charge in [-0.3, -0.25) is 4.79 Å². The standard InChI is InChI=1S/C11H14ClNO4/c1-16-8-4-3-6(12)11(17-2)10(8)7(13)5-9(14)15/h3-4,7H,5,13H2,1-2H3,(H,14,15). The molecule has 1 aromatic rings. The van der Waals surface area contributed by atoms with Crippen LogP contribution in [0.4, 0.5) is 0 Å². The second kappa shape index (κ2) is 5.75. The summed E-state index contributed by atoms with van der Waals surface area (Å²) in [6.45, 7) is 0. The summed E-state index contributed by atoms with van der Waals surface area (Å²) in [5, 5.41) is 9.11. The highest BCUT2D eigenvalue weighted by molar-refractivity contribution is 6.32. The first kappa shape index (κ1) is 13.6. The average molecular weight is 260 g/mol. The van der Waals surface area contributed by atoms with Gasteiger partial charge >= 0.3 is 5.97 Å². The number of methoxy groups -OCH3 is 2. The van der Waals surface area contributed by atoms with Crippen molar-refractivity contribution in [3.8, 4) is 11.5 Å². The molecule has 0 amide bonds. The van der Waals surface area contributed by atoms with Crippen LogP contribution < -0.4 is 15.2 Å². The van der Waals surface area contributed by atoms with Crippen LogP contribution in [0.1, 0.15) is 18.0 Å². The molecule has 1 unspecified atom stereocenters. The molecule has 0 heterocycles. The van der Waals surface area contributed by atoms with E-state index >= 15 is 0 Å². The summed E-state index contributed by atoms with van der Waals surface area (Å²) in [7, 11) is 2.91. The molecule has 0 aliphatic rings. The number of benzene rings is 1. The van der Waals surface area contributed by atoms with E-state index in [2.05, 4.69) is 0 Å². The molecule has 1 aromatic carbocycles. The molecule has 0 fully saturated rings. The normalized spacial score (nSPS) is 12.0. The minimum Gasteiger partial charge on any atom is -0.496 e. The van der Waals surface area contributed by atoms with Crippen molar-refractivity contribution in [3.63, 3.8) is 0 Å². The Morgan fingerprint density at radius 3 is 2.59 bits per heavy atom. The number of ether oxygens (including phenoxy) is 2. The Bertz CT molecular complexity index is 422. The Hall–Kier alpha value is -1.46. The number of nitrogens with two attached hydrogens (primary N) is 1. The molecule has 1 atom stereocenters. The molecule has 0 aliphatic carbocycles. The second-order valence-electron chi connectivity index (χ2n) is 3.40. The topological polar surface area (TPSA) is 81.8 Å². The molecule has 6 heteroatoms. The van der Waals surface area contributed by atoms with E-state index in [1.807, 2.05) is 0 Å². The molecule has 5 nitrogen and oxygen atoms in total. The van der Waals surface area contributed by atoms with Crippen molar-refractivity contribution in [2.45, 2.75) is 12.5 Å². The summed E-state index contributed by atoms with van der Waals surface area (Å²) in [4.78, 5) is 10.7. The summed E-state index contributed by atoms with van der Waals surface area (Å²) in [5.74, 6) is -0.193. The molecule has 0 spiro atoms. The Kier molecular flexibility index (Phi) is 4.60. The van der Waals surface area contributed by atoms with Crippen LogP contribution in [-0.4, -0.2) is 25.3 Å². The Morgan fingerprint density at radius 1 is 1.47 bits per heavy atom. The fourth-order valence-electron chi connectivity index (χ4n) is 1.58. The number of halogens is 1. The van der Waals surface area contributed by atoms with Gasteiger partial charge in [-0.25, -0.2) is 0 Å². The number of hydrogen-bond donors (Lipinski definition) is 2. The van der Waals surface area contributed by atoms with E-state index in [-0.39, 0.29) is 6.42 Å². The molecule has 0 aromatic heterocycles. The van der Waals surface area contributed by atoms with Crippen molar-refractivity contribution in [1.29, 1.82) is 0 Å². The van der Waals surface area contributed by atoms with E-state index in [0.717, 1.165) is 0 Å². The van der Waals surface area contributed by atoms with Crippen molar-refractivity contribution >= 4 is 17.6 Å². The molecule has 94 valence electrons. The molecule has 1 rings (SSSR count). The number of carboxylic acid groups (broad SMARTS) is 1. The number of carbonyl (C=O) groups is 1. The minimum atomic E-state index is -0.999. The van der Waals surface area contributed by atoms with E-state index in [4.69, 9.17) is 31.9 Å². The van der Waals surface area contributed by atoms with Gasteiger partial charge < -0.3 is 20.3 Å². The molecular formula is C11H14ClNO4. The van der Waals surface area contributed by atoms with Crippen LogP contribution in [0.15, 0.2) is 12.1 Å². The maximum Gasteiger partial charge on any atom is 0.305 e. The van der Waals surface area contributed by atoms with Crippen LogP contribution in [-0.2, 0) is 4.79 Å². The SMILES string of the molecule is COc1ccc(Cl)c(OC)c1C(N)CC(=O)O. The number of aliphatic carboxylic acids is 1. The summed E-state index contributed by atoms with van der Waals surface area (Å²) >= 11 is 5.96. The third kappa shape index (κ3) is 3.01. The highest BCUT2D eigenvalue weighted by atomic mass is 35.5. The van der Waals surface area contributed by atoms with E-state index in [1.54, 1.807) is 12.1 Å². The third-order valence-corrected chi connectivity index (χ3v) is 2.60. The van der Waals surface area contributed by atoms with Gasteiger partial charge in [0.25, 0.3) is 0 Å². The van der Waals surface area contributed by atoms with Crippen molar-refractivity contribution in [1.82, 2.24) is 0 Å². The molecule has 0 bridgehead atoms. The third-order valence-electron chi connectivity index (χ3n) is 2.30. The molecule has 0 radical (unpaired) electrons. The highest BCUT2D eigenvalue weighted by Crippen LogP contribution is 2.39. The lowest BCUT2D eigenvalue weighted by molar-refractivity contribution is -0.137. The predicted molar refractivity (Wildman–Crippen MR) is 63.7 cm³/mol. The summed E-state index contributed by atoms with van der Waals surface area (Å²) in [6.07, 6.45) is -0.229. The van der Waals surface area contributed by atoms with Gasteiger partial charge in [0.05, 0.1) is 31.2 Å². The fraction of sp³-hybridized carbons (Fsp3) is 0.364. The van der Waals surface area contributed by atoms with Crippen molar-refractivity contribution in [2.24, 2.45) is 5.73 Å². The van der Waals surface area contributed by atoms with Gasteiger partial charge in [0.15, 0.2) is 0 Å². The first-order valence-electron chi connectivity index (χ1n) is 4.89. The number of carboxylic acids is 1. The first-order valence-corrected chi connectivity index (χ1v) is 5.26. The van der Waals surface area contributed by atoms with E-state index < -0.39 is 12.0 Å². The summed E-state index contributed by atoms with van der Waals surface area (Å²) in [5.41, 5.74) is 6.28. The summed E-state index contributed by atoms with van der Waals surface area (Å²) < 4.78 is 10.3. The van der Waals surface area contributed by atoms with Gasteiger partial charge in [-0.15, -0.1) is 0 Å². The Labute approximate surface area is 104 Å². The zero-order chi connectivity index (χ0) is 13.0. The minimum absolute atomic E-state index is 0.229. The van der Waals surface area contributed by atoms with Crippen LogP contribution in [0.3, 0.4) is 0 Å². The zero-order valence-corrected chi connectivity index (χ0v) is 10.3. The monoisotopic (exact) mass is 259 g/mol. The molecular weight excluding hydrogens is 246 g/mol.